The lowest BCUT2D eigenvalue weighted by Crippen LogP contribution is -2.07. The van der Waals surface area contributed by atoms with Gasteiger partial charge in [0.15, 0.2) is 0 Å². The van der Waals surface area contributed by atoms with Crippen LogP contribution >= 0.6 is 15.9 Å². The molecule has 0 spiro atoms. The SMILES string of the molecule is Cc1ccc(CCC(O)c2c(Br)cnn2C)cc1. The van der Waals surface area contributed by atoms with Crippen LogP contribution in [-0.4, -0.2) is 14.9 Å². The molecule has 0 fully saturated rings. The molecule has 0 aliphatic carbocycles. The number of halogens is 1. The molecule has 1 atom stereocenters. The average Bonchev–Trinajstić information content (AvgIpc) is 2.68. The molecule has 0 saturated carbocycles. The summed E-state index contributed by atoms with van der Waals surface area (Å²) in [7, 11) is 1.84. The van der Waals surface area contributed by atoms with E-state index in [-0.39, 0.29) is 0 Å². The zero-order valence-corrected chi connectivity index (χ0v) is 12.2. The number of aromatic nitrogens is 2. The van der Waals surface area contributed by atoms with Crippen molar-refractivity contribution < 1.29 is 5.11 Å². The third-order valence-electron chi connectivity index (χ3n) is 3.08. The Hall–Kier alpha value is -1.13. The Bertz CT molecular complexity index is 500. The second kappa shape index (κ2) is 5.67. The summed E-state index contributed by atoms with van der Waals surface area (Å²) in [6.07, 6.45) is 2.78. The zero-order valence-electron chi connectivity index (χ0n) is 10.6. The first-order valence-electron chi connectivity index (χ1n) is 5.99. The molecule has 1 aromatic carbocycles. The van der Waals surface area contributed by atoms with Gasteiger partial charge in [-0.1, -0.05) is 29.8 Å². The molecule has 0 saturated heterocycles. The maximum atomic E-state index is 10.2. The van der Waals surface area contributed by atoms with E-state index in [1.165, 1.54) is 11.1 Å². The monoisotopic (exact) mass is 308 g/mol. The highest BCUT2D eigenvalue weighted by Gasteiger charge is 2.15. The fourth-order valence-corrected chi connectivity index (χ4v) is 2.60. The number of rotatable bonds is 4. The minimum atomic E-state index is -0.492. The molecule has 2 aromatic rings. The lowest BCUT2D eigenvalue weighted by atomic mass is 10.0. The molecule has 2 rings (SSSR count). The predicted octanol–water partition coefficient (Wildman–Crippen LogP) is 3.16. The molecule has 1 unspecified atom stereocenters. The van der Waals surface area contributed by atoms with Crippen LogP contribution < -0.4 is 0 Å². The first-order chi connectivity index (χ1) is 8.58. The van der Waals surface area contributed by atoms with Crippen LogP contribution in [0.1, 0.15) is 29.3 Å². The average molecular weight is 309 g/mol. The van der Waals surface area contributed by atoms with Gasteiger partial charge >= 0.3 is 0 Å². The topological polar surface area (TPSA) is 38.1 Å². The molecule has 0 aliphatic heterocycles. The van der Waals surface area contributed by atoms with Crippen LogP contribution in [0.4, 0.5) is 0 Å². The maximum Gasteiger partial charge on any atom is 0.0971 e. The van der Waals surface area contributed by atoms with Crippen molar-refractivity contribution in [1.29, 1.82) is 0 Å². The van der Waals surface area contributed by atoms with Gasteiger partial charge in [0.1, 0.15) is 0 Å². The van der Waals surface area contributed by atoms with E-state index in [1.807, 2.05) is 7.05 Å². The van der Waals surface area contributed by atoms with E-state index in [0.717, 1.165) is 16.6 Å². The van der Waals surface area contributed by atoms with Crippen LogP contribution in [0.25, 0.3) is 0 Å². The minimum absolute atomic E-state index is 0.492. The van der Waals surface area contributed by atoms with Gasteiger partial charge in [0, 0.05) is 7.05 Å². The van der Waals surface area contributed by atoms with E-state index < -0.39 is 6.10 Å². The normalized spacial score (nSPS) is 12.7. The highest BCUT2D eigenvalue weighted by molar-refractivity contribution is 9.10. The van der Waals surface area contributed by atoms with E-state index in [0.29, 0.717) is 6.42 Å². The van der Waals surface area contributed by atoms with Gasteiger partial charge in [0.2, 0.25) is 0 Å². The highest BCUT2D eigenvalue weighted by Crippen LogP contribution is 2.25. The van der Waals surface area contributed by atoms with Crippen molar-refractivity contribution in [2.75, 3.05) is 0 Å². The van der Waals surface area contributed by atoms with Crippen LogP contribution in [0.3, 0.4) is 0 Å². The highest BCUT2D eigenvalue weighted by atomic mass is 79.9. The smallest absolute Gasteiger partial charge is 0.0971 e. The molecule has 0 radical (unpaired) electrons. The molecule has 1 aromatic heterocycles. The third-order valence-corrected chi connectivity index (χ3v) is 3.69. The molecule has 0 aliphatic rings. The summed E-state index contributed by atoms with van der Waals surface area (Å²) in [6.45, 7) is 2.07. The van der Waals surface area contributed by atoms with Crippen molar-refractivity contribution in [3.63, 3.8) is 0 Å². The standard InChI is InChI=1S/C14H17BrN2O/c1-10-3-5-11(6-4-10)7-8-13(18)14-12(15)9-16-17(14)2/h3-6,9,13,18H,7-8H2,1-2H3. The first-order valence-corrected chi connectivity index (χ1v) is 6.78. The Morgan fingerprint density at radius 1 is 1.33 bits per heavy atom. The quantitative estimate of drug-likeness (QED) is 0.942. The van der Waals surface area contributed by atoms with Crippen molar-refractivity contribution in [1.82, 2.24) is 9.78 Å². The van der Waals surface area contributed by atoms with Gasteiger partial charge in [-0.2, -0.15) is 5.10 Å². The number of hydrogen-bond acceptors (Lipinski definition) is 2. The zero-order chi connectivity index (χ0) is 13.1. The van der Waals surface area contributed by atoms with E-state index in [9.17, 15) is 5.11 Å². The minimum Gasteiger partial charge on any atom is -0.387 e. The number of aryl methyl sites for hydroxylation is 3. The second-order valence-electron chi connectivity index (χ2n) is 4.54. The van der Waals surface area contributed by atoms with Gasteiger partial charge in [0.05, 0.1) is 22.5 Å². The predicted molar refractivity (Wildman–Crippen MR) is 75.4 cm³/mol. The molecule has 18 heavy (non-hydrogen) atoms. The molecular weight excluding hydrogens is 292 g/mol. The largest absolute Gasteiger partial charge is 0.387 e. The Morgan fingerprint density at radius 2 is 2.00 bits per heavy atom. The molecule has 1 N–H and O–H groups in total. The van der Waals surface area contributed by atoms with Crippen molar-refractivity contribution in [2.24, 2.45) is 7.05 Å². The summed E-state index contributed by atoms with van der Waals surface area (Å²) in [5.41, 5.74) is 3.34. The third kappa shape index (κ3) is 3.00. The Morgan fingerprint density at radius 3 is 2.56 bits per heavy atom. The second-order valence-corrected chi connectivity index (χ2v) is 5.40. The van der Waals surface area contributed by atoms with Gasteiger partial charge in [-0.25, -0.2) is 0 Å². The maximum absolute atomic E-state index is 10.2. The van der Waals surface area contributed by atoms with Crippen molar-refractivity contribution >= 4 is 15.9 Å². The molecule has 0 amide bonds. The Balaban J connectivity index is 2.00. The summed E-state index contributed by atoms with van der Waals surface area (Å²) in [6, 6.07) is 8.42. The molecular formula is C14H17BrN2O. The van der Waals surface area contributed by atoms with Gasteiger partial charge in [-0.15, -0.1) is 0 Å². The van der Waals surface area contributed by atoms with E-state index in [4.69, 9.17) is 0 Å². The molecule has 0 bridgehead atoms. The van der Waals surface area contributed by atoms with Crippen LogP contribution in [0.2, 0.25) is 0 Å². The number of aliphatic hydroxyl groups is 1. The summed E-state index contributed by atoms with van der Waals surface area (Å²) in [5.74, 6) is 0. The molecule has 1 heterocycles. The number of nitrogens with zero attached hydrogens (tertiary/aromatic N) is 2. The van der Waals surface area contributed by atoms with Crippen molar-refractivity contribution in [2.45, 2.75) is 25.9 Å². The van der Waals surface area contributed by atoms with Crippen molar-refractivity contribution in [3.05, 3.63) is 51.8 Å². The van der Waals surface area contributed by atoms with E-state index in [2.05, 4.69) is 52.2 Å². The fraction of sp³-hybridized carbons (Fsp3) is 0.357. The van der Waals surface area contributed by atoms with Crippen LogP contribution in [0, 0.1) is 6.92 Å². The van der Waals surface area contributed by atoms with Gasteiger partial charge < -0.3 is 5.11 Å². The lowest BCUT2D eigenvalue weighted by Gasteiger charge is -2.12. The summed E-state index contributed by atoms with van der Waals surface area (Å²) < 4.78 is 2.57. The van der Waals surface area contributed by atoms with Crippen molar-refractivity contribution in [3.8, 4) is 0 Å². The van der Waals surface area contributed by atoms with E-state index in [1.54, 1.807) is 10.9 Å². The lowest BCUT2D eigenvalue weighted by molar-refractivity contribution is 0.157. The first kappa shape index (κ1) is 13.3. The Labute approximate surface area is 116 Å². The molecule has 3 nitrogen and oxygen atoms in total. The summed E-state index contributed by atoms with van der Waals surface area (Å²) >= 11 is 3.41. The number of benzene rings is 1. The summed E-state index contributed by atoms with van der Waals surface area (Å²) in [4.78, 5) is 0. The van der Waals surface area contributed by atoms with E-state index >= 15 is 0 Å². The van der Waals surface area contributed by atoms with Gasteiger partial charge in [-0.05, 0) is 41.3 Å². The molecule has 4 heteroatoms. The number of aliphatic hydroxyl groups excluding tert-OH is 1. The summed E-state index contributed by atoms with van der Waals surface area (Å²) in [5, 5.41) is 14.3. The number of hydrogen-bond donors (Lipinski definition) is 1. The van der Waals surface area contributed by atoms with Crippen LogP contribution in [0.15, 0.2) is 34.9 Å². The Kier molecular flexibility index (Phi) is 4.19. The van der Waals surface area contributed by atoms with Gasteiger partial charge in [0.25, 0.3) is 0 Å². The van der Waals surface area contributed by atoms with Crippen LogP contribution in [0.5, 0.6) is 0 Å². The van der Waals surface area contributed by atoms with Gasteiger partial charge in [-0.3, -0.25) is 4.68 Å². The van der Waals surface area contributed by atoms with Crippen LogP contribution in [-0.2, 0) is 13.5 Å². The fourth-order valence-electron chi connectivity index (χ4n) is 1.99. The molecule has 96 valence electrons.